The van der Waals surface area contributed by atoms with Gasteiger partial charge in [-0.2, -0.15) is 8.42 Å². The van der Waals surface area contributed by atoms with Crippen LogP contribution in [0.5, 0.6) is 0 Å². The van der Waals surface area contributed by atoms with Crippen LogP contribution in [0.2, 0.25) is 0 Å². The molecule has 0 heterocycles. The van der Waals surface area contributed by atoms with Crippen molar-refractivity contribution in [3.8, 4) is 0 Å². The van der Waals surface area contributed by atoms with Gasteiger partial charge in [-0.25, -0.2) is 5.14 Å². The fraction of sp³-hybridized carbons (Fsp3) is 0.300. The van der Waals surface area contributed by atoms with Crippen LogP contribution in [0.3, 0.4) is 0 Å². The van der Waals surface area contributed by atoms with E-state index in [1.807, 2.05) is 0 Å². The van der Waals surface area contributed by atoms with E-state index in [-0.39, 0.29) is 0 Å². The SMILES string of the molecule is NS(=O)(=O)Nc1ccc(C2(C(=O)O)CC2)cc1. The summed E-state index contributed by atoms with van der Waals surface area (Å²) in [5, 5.41) is 13.9. The molecule has 0 saturated heterocycles. The fourth-order valence-electron chi connectivity index (χ4n) is 1.77. The van der Waals surface area contributed by atoms with Gasteiger partial charge in [-0.15, -0.1) is 0 Å². The van der Waals surface area contributed by atoms with E-state index in [0.29, 0.717) is 24.1 Å². The number of carbonyl (C=O) groups is 1. The van der Waals surface area contributed by atoms with E-state index < -0.39 is 21.6 Å². The van der Waals surface area contributed by atoms with E-state index in [1.165, 1.54) is 12.1 Å². The maximum atomic E-state index is 11.1. The number of benzene rings is 1. The summed E-state index contributed by atoms with van der Waals surface area (Å²) in [6, 6.07) is 6.22. The average molecular weight is 256 g/mol. The van der Waals surface area contributed by atoms with E-state index in [1.54, 1.807) is 12.1 Å². The lowest BCUT2D eigenvalue weighted by molar-refractivity contribution is -0.140. The minimum atomic E-state index is -3.79. The number of anilines is 1. The van der Waals surface area contributed by atoms with Crippen molar-refractivity contribution in [1.82, 2.24) is 0 Å². The molecular weight excluding hydrogens is 244 g/mol. The first kappa shape index (κ1) is 11.9. The molecule has 7 heteroatoms. The summed E-state index contributed by atoms with van der Waals surface area (Å²) < 4.78 is 23.7. The van der Waals surface area contributed by atoms with Gasteiger partial charge in [-0.1, -0.05) is 12.1 Å². The molecular formula is C10H12N2O4S. The van der Waals surface area contributed by atoms with E-state index in [2.05, 4.69) is 4.72 Å². The predicted octanol–water partition coefficient (Wildman–Crippen LogP) is 0.418. The zero-order chi connectivity index (χ0) is 12.7. The van der Waals surface area contributed by atoms with Crippen molar-refractivity contribution in [2.75, 3.05) is 4.72 Å². The molecule has 0 aliphatic heterocycles. The third kappa shape index (κ3) is 2.40. The van der Waals surface area contributed by atoms with Gasteiger partial charge in [0.2, 0.25) is 0 Å². The smallest absolute Gasteiger partial charge is 0.314 e. The van der Waals surface area contributed by atoms with Crippen LogP contribution in [0.25, 0.3) is 0 Å². The van der Waals surface area contributed by atoms with Crippen molar-refractivity contribution < 1.29 is 18.3 Å². The lowest BCUT2D eigenvalue weighted by Crippen LogP contribution is -2.22. The van der Waals surface area contributed by atoms with Crippen molar-refractivity contribution in [2.45, 2.75) is 18.3 Å². The Morgan fingerprint density at radius 2 is 1.82 bits per heavy atom. The number of carboxylic acids is 1. The lowest BCUT2D eigenvalue weighted by atomic mass is 9.96. The second-order valence-electron chi connectivity index (χ2n) is 4.11. The number of aliphatic carboxylic acids is 1. The molecule has 1 saturated carbocycles. The van der Waals surface area contributed by atoms with Gasteiger partial charge < -0.3 is 5.11 Å². The Morgan fingerprint density at radius 3 is 2.18 bits per heavy atom. The molecule has 1 aliphatic carbocycles. The summed E-state index contributed by atoms with van der Waals surface area (Å²) in [4.78, 5) is 11.1. The van der Waals surface area contributed by atoms with Gasteiger partial charge in [0.1, 0.15) is 0 Å². The highest BCUT2D eigenvalue weighted by atomic mass is 32.2. The summed E-state index contributed by atoms with van der Waals surface area (Å²) >= 11 is 0. The van der Waals surface area contributed by atoms with Crippen LogP contribution >= 0.6 is 0 Å². The van der Waals surface area contributed by atoms with E-state index in [0.717, 1.165) is 0 Å². The largest absolute Gasteiger partial charge is 0.481 e. The zero-order valence-electron chi connectivity index (χ0n) is 8.88. The first-order valence-electron chi connectivity index (χ1n) is 4.98. The summed E-state index contributed by atoms with van der Waals surface area (Å²) in [5.41, 5.74) is 0.225. The Kier molecular flexibility index (Phi) is 2.59. The molecule has 4 N–H and O–H groups in total. The molecule has 0 radical (unpaired) electrons. The quantitative estimate of drug-likeness (QED) is 0.725. The van der Waals surface area contributed by atoms with Crippen LogP contribution in [-0.2, 0) is 20.4 Å². The van der Waals surface area contributed by atoms with Crippen molar-refractivity contribution in [1.29, 1.82) is 0 Å². The minimum absolute atomic E-state index is 0.317. The maximum absolute atomic E-state index is 11.1. The van der Waals surface area contributed by atoms with Crippen molar-refractivity contribution in [3.63, 3.8) is 0 Å². The van der Waals surface area contributed by atoms with Crippen LogP contribution in [-0.4, -0.2) is 19.5 Å². The van der Waals surface area contributed by atoms with Crippen molar-refractivity contribution in [2.24, 2.45) is 5.14 Å². The maximum Gasteiger partial charge on any atom is 0.314 e. The van der Waals surface area contributed by atoms with Gasteiger partial charge in [0.15, 0.2) is 0 Å². The normalized spacial score (nSPS) is 17.5. The van der Waals surface area contributed by atoms with E-state index >= 15 is 0 Å². The molecule has 1 aromatic rings. The highest BCUT2D eigenvalue weighted by Crippen LogP contribution is 2.48. The third-order valence-electron chi connectivity index (χ3n) is 2.86. The highest BCUT2D eigenvalue weighted by Gasteiger charge is 2.51. The average Bonchev–Trinajstić information content (AvgIpc) is 2.97. The molecule has 92 valence electrons. The molecule has 2 rings (SSSR count). The molecule has 0 amide bonds. The Balaban J connectivity index is 2.22. The third-order valence-corrected chi connectivity index (χ3v) is 3.38. The summed E-state index contributed by atoms with van der Waals surface area (Å²) in [6.45, 7) is 0. The lowest BCUT2D eigenvalue weighted by Gasteiger charge is -2.11. The number of carboxylic acid groups (broad SMARTS) is 1. The number of hydrogen-bond acceptors (Lipinski definition) is 3. The van der Waals surface area contributed by atoms with Gasteiger partial charge in [0.05, 0.1) is 5.41 Å². The van der Waals surface area contributed by atoms with Gasteiger partial charge in [-0.3, -0.25) is 9.52 Å². The molecule has 1 aromatic carbocycles. The zero-order valence-corrected chi connectivity index (χ0v) is 9.70. The number of rotatable bonds is 4. The van der Waals surface area contributed by atoms with Crippen molar-refractivity contribution >= 4 is 21.9 Å². The van der Waals surface area contributed by atoms with E-state index in [4.69, 9.17) is 10.2 Å². The van der Waals surface area contributed by atoms with Crippen LogP contribution in [0.1, 0.15) is 18.4 Å². The molecule has 0 spiro atoms. The second-order valence-corrected chi connectivity index (χ2v) is 5.41. The molecule has 0 bridgehead atoms. The second kappa shape index (κ2) is 3.71. The molecule has 0 atom stereocenters. The Hall–Kier alpha value is -1.60. The molecule has 0 unspecified atom stereocenters. The number of nitrogens with two attached hydrogens (primary N) is 1. The highest BCUT2D eigenvalue weighted by molar-refractivity contribution is 7.90. The first-order chi connectivity index (χ1) is 7.83. The Bertz CT molecular complexity index is 546. The molecule has 1 aliphatic rings. The van der Waals surface area contributed by atoms with Crippen LogP contribution < -0.4 is 9.86 Å². The fourth-order valence-corrected chi connectivity index (χ4v) is 2.24. The molecule has 1 fully saturated rings. The Labute approximate surface area is 98.6 Å². The van der Waals surface area contributed by atoms with Gasteiger partial charge in [0.25, 0.3) is 10.2 Å². The summed E-state index contributed by atoms with van der Waals surface area (Å²) in [5.74, 6) is -0.843. The predicted molar refractivity (Wildman–Crippen MR) is 61.7 cm³/mol. The number of hydrogen-bond donors (Lipinski definition) is 3. The minimum Gasteiger partial charge on any atom is -0.481 e. The molecule has 6 nitrogen and oxygen atoms in total. The molecule has 0 aromatic heterocycles. The monoisotopic (exact) mass is 256 g/mol. The van der Waals surface area contributed by atoms with Gasteiger partial charge >= 0.3 is 5.97 Å². The van der Waals surface area contributed by atoms with Crippen LogP contribution in [0, 0.1) is 0 Å². The standard InChI is InChI=1S/C10H12N2O4S/c11-17(15,16)12-8-3-1-7(2-4-8)10(5-6-10)9(13)14/h1-4,12H,5-6H2,(H,13,14)(H2,11,15,16). The topological polar surface area (TPSA) is 109 Å². The van der Waals surface area contributed by atoms with Gasteiger partial charge in [-0.05, 0) is 30.5 Å². The van der Waals surface area contributed by atoms with Crippen molar-refractivity contribution in [3.05, 3.63) is 29.8 Å². The summed E-state index contributed by atoms with van der Waals surface area (Å²) in [6.07, 6.45) is 1.23. The van der Waals surface area contributed by atoms with Crippen LogP contribution in [0.4, 0.5) is 5.69 Å². The van der Waals surface area contributed by atoms with E-state index in [9.17, 15) is 13.2 Å². The Morgan fingerprint density at radius 1 is 1.29 bits per heavy atom. The van der Waals surface area contributed by atoms with Crippen LogP contribution in [0.15, 0.2) is 24.3 Å². The van der Waals surface area contributed by atoms with Gasteiger partial charge in [0, 0.05) is 5.69 Å². The molecule has 17 heavy (non-hydrogen) atoms. The summed E-state index contributed by atoms with van der Waals surface area (Å²) in [7, 11) is -3.79. The first-order valence-corrected chi connectivity index (χ1v) is 6.53. The number of nitrogens with one attached hydrogen (secondary N) is 1.